The molecule has 0 amide bonds. The molecular weight excluding hydrogens is 238 g/mol. The van der Waals surface area contributed by atoms with Gasteiger partial charge in [-0.2, -0.15) is 0 Å². The molecule has 2 rings (SSSR count). The van der Waals surface area contributed by atoms with Gasteiger partial charge in [0.15, 0.2) is 11.6 Å². The molecule has 0 aliphatic carbocycles. The first-order chi connectivity index (χ1) is 8.58. The van der Waals surface area contributed by atoms with Crippen LogP contribution in [0.1, 0.15) is 18.5 Å². The fraction of sp³-hybridized carbons (Fsp3) is 0.154. The molecule has 0 aliphatic rings. The Labute approximate surface area is 103 Å². The highest BCUT2D eigenvalue weighted by atomic mass is 19.1. The lowest BCUT2D eigenvalue weighted by Gasteiger charge is -2.12. The second kappa shape index (κ2) is 5.10. The zero-order chi connectivity index (χ0) is 13.1. The first-order valence-corrected chi connectivity index (χ1v) is 5.41. The first-order valence-electron chi connectivity index (χ1n) is 5.41. The lowest BCUT2D eigenvalue weighted by molar-refractivity contribution is 0.416. The third kappa shape index (κ3) is 2.62. The molecular formula is C13H12F2N2O. The number of hydrogen-bond acceptors (Lipinski definition) is 3. The van der Waals surface area contributed by atoms with Gasteiger partial charge in [0.1, 0.15) is 5.82 Å². The van der Waals surface area contributed by atoms with Crippen molar-refractivity contribution in [1.82, 2.24) is 4.98 Å². The predicted molar refractivity (Wildman–Crippen MR) is 63.3 cm³/mol. The fourth-order valence-corrected chi connectivity index (χ4v) is 1.50. The molecule has 0 radical (unpaired) electrons. The third-order valence-electron chi connectivity index (χ3n) is 2.39. The smallest absolute Gasteiger partial charge is 0.224 e. The molecule has 1 aromatic heterocycles. The quantitative estimate of drug-likeness (QED) is 0.910. The Morgan fingerprint density at radius 1 is 1.28 bits per heavy atom. The number of nitrogens with zero attached hydrogens (tertiary/aromatic N) is 1. The minimum atomic E-state index is -0.781. The van der Waals surface area contributed by atoms with Crippen molar-refractivity contribution in [1.29, 1.82) is 0 Å². The van der Waals surface area contributed by atoms with Crippen LogP contribution in [0.2, 0.25) is 0 Å². The van der Waals surface area contributed by atoms with Gasteiger partial charge in [-0.1, -0.05) is 6.07 Å². The first kappa shape index (κ1) is 12.4. The Morgan fingerprint density at radius 2 is 2.06 bits per heavy atom. The Kier molecular flexibility index (Phi) is 3.53. The highest BCUT2D eigenvalue weighted by Crippen LogP contribution is 2.28. The van der Waals surface area contributed by atoms with Crippen molar-refractivity contribution < 1.29 is 13.5 Å². The molecule has 2 N–H and O–H groups in total. The van der Waals surface area contributed by atoms with Gasteiger partial charge < -0.3 is 10.5 Å². The second-order valence-corrected chi connectivity index (χ2v) is 3.86. The van der Waals surface area contributed by atoms with Crippen molar-refractivity contribution in [2.24, 2.45) is 5.73 Å². The number of hydrogen-bond donors (Lipinski definition) is 1. The van der Waals surface area contributed by atoms with E-state index in [1.807, 2.05) is 0 Å². The number of benzene rings is 1. The van der Waals surface area contributed by atoms with E-state index < -0.39 is 11.6 Å². The van der Waals surface area contributed by atoms with Crippen molar-refractivity contribution >= 4 is 0 Å². The van der Waals surface area contributed by atoms with E-state index in [2.05, 4.69) is 4.98 Å². The van der Waals surface area contributed by atoms with Gasteiger partial charge >= 0.3 is 0 Å². The number of nitrogens with two attached hydrogens (primary N) is 1. The van der Waals surface area contributed by atoms with E-state index in [9.17, 15) is 8.78 Å². The van der Waals surface area contributed by atoms with E-state index in [1.165, 1.54) is 12.3 Å². The summed E-state index contributed by atoms with van der Waals surface area (Å²) in [6.45, 7) is 1.77. The van der Waals surface area contributed by atoms with Gasteiger partial charge in [0.2, 0.25) is 5.88 Å². The van der Waals surface area contributed by atoms with Crippen molar-refractivity contribution in [3.05, 3.63) is 53.7 Å². The van der Waals surface area contributed by atoms with Crippen molar-refractivity contribution in [2.45, 2.75) is 13.0 Å². The van der Waals surface area contributed by atoms with Gasteiger partial charge in [-0.05, 0) is 25.1 Å². The van der Waals surface area contributed by atoms with Crippen molar-refractivity contribution in [3.8, 4) is 11.6 Å². The number of halogens is 2. The molecule has 94 valence electrons. The van der Waals surface area contributed by atoms with Crippen LogP contribution < -0.4 is 10.5 Å². The molecule has 1 atom stereocenters. The molecule has 18 heavy (non-hydrogen) atoms. The van der Waals surface area contributed by atoms with Crippen LogP contribution in [0.15, 0.2) is 36.5 Å². The minimum absolute atomic E-state index is 0.0861. The molecule has 1 aromatic carbocycles. The summed E-state index contributed by atoms with van der Waals surface area (Å²) < 4.78 is 31.5. The van der Waals surface area contributed by atoms with Gasteiger partial charge in [0, 0.05) is 23.9 Å². The predicted octanol–water partition coefficient (Wildman–Crippen LogP) is 3.17. The van der Waals surface area contributed by atoms with Crippen LogP contribution in [0.4, 0.5) is 8.78 Å². The molecule has 0 spiro atoms. The van der Waals surface area contributed by atoms with Crippen LogP contribution >= 0.6 is 0 Å². The highest BCUT2D eigenvalue weighted by molar-refractivity contribution is 5.34. The fourth-order valence-electron chi connectivity index (χ4n) is 1.50. The van der Waals surface area contributed by atoms with E-state index in [0.29, 0.717) is 5.56 Å². The Hall–Kier alpha value is -2.01. The Bertz CT molecular complexity index is 558. The Balaban J connectivity index is 2.34. The number of pyridine rings is 1. The topological polar surface area (TPSA) is 48.1 Å². The summed E-state index contributed by atoms with van der Waals surface area (Å²) in [5.74, 6) is -1.31. The molecule has 0 saturated heterocycles. The summed E-state index contributed by atoms with van der Waals surface area (Å²) >= 11 is 0. The summed E-state index contributed by atoms with van der Waals surface area (Å²) in [6.07, 6.45) is 1.52. The van der Waals surface area contributed by atoms with Crippen LogP contribution in [0.3, 0.4) is 0 Å². The Morgan fingerprint density at radius 3 is 2.72 bits per heavy atom. The van der Waals surface area contributed by atoms with Crippen LogP contribution in [0, 0.1) is 11.6 Å². The SMILES string of the molecule is C[C@@H](N)c1cccnc1Oc1ccc(F)cc1F. The lowest BCUT2D eigenvalue weighted by atomic mass is 10.1. The third-order valence-corrected chi connectivity index (χ3v) is 2.39. The molecule has 0 bridgehead atoms. The zero-order valence-corrected chi connectivity index (χ0v) is 9.73. The maximum absolute atomic E-state index is 13.4. The molecule has 2 aromatic rings. The van der Waals surface area contributed by atoms with E-state index in [0.717, 1.165) is 12.1 Å². The highest BCUT2D eigenvalue weighted by Gasteiger charge is 2.12. The minimum Gasteiger partial charge on any atom is -0.436 e. The van der Waals surface area contributed by atoms with E-state index in [-0.39, 0.29) is 17.7 Å². The summed E-state index contributed by atoms with van der Waals surface area (Å²) in [5, 5.41) is 0. The average molecular weight is 250 g/mol. The standard InChI is InChI=1S/C13H12F2N2O/c1-8(16)10-3-2-6-17-13(10)18-12-5-4-9(14)7-11(12)15/h2-8H,16H2,1H3/t8-/m1/s1. The monoisotopic (exact) mass is 250 g/mol. The van der Waals surface area contributed by atoms with Crippen LogP contribution in [-0.4, -0.2) is 4.98 Å². The molecule has 0 unspecified atom stereocenters. The van der Waals surface area contributed by atoms with Gasteiger partial charge in [-0.3, -0.25) is 0 Å². The molecule has 1 heterocycles. The second-order valence-electron chi connectivity index (χ2n) is 3.86. The largest absolute Gasteiger partial charge is 0.436 e. The summed E-state index contributed by atoms with van der Waals surface area (Å²) in [5.41, 5.74) is 6.41. The maximum atomic E-state index is 13.4. The van der Waals surface area contributed by atoms with Crippen molar-refractivity contribution in [3.63, 3.8) is 0 Å². The molecule has 0 aliphatic heterocycles. The summed E-state index contributed by atoms with van der Waals surface area (Å²) in [6, 6.07) is 6.25. The molecule has 3 nitrogen and oxygen atoms in total. The van der Waals surface area contributed by atoms with E-state index >= 15 is 0 Å². The normalized spacial score (nSPS) is 12.2. The van der Waals surface area contributed by atoms with E-state index in [1.54, 1.807) is 19.1 Å². The van der Waals surface area contributed by atoms with Gasteiger partial charge in [-0.15, -0.1) is 0 Å². The van der Waals surface area contributed by atoms with Crippen LogP contribution in [0.5, 0.6) is 11.6 Å². The molecule has 0 fully saturated rings. The van der Waals surface area contributed by atoms with Gasteiger partial charge in [0.25, 0.3) is 0 Å². The number of ether oxygens (including phenoxy) is 1. The van der Waals surface area contributed by atoms with Gasteiger partial charge in [-0.25, -0.2) is 13.8 Å². The number of aromatic nitrogens is 1. The molecule has 0 saturated carbocycles. The summed E-state index contributed by atoms with van der Waals surface area (Å²) in [7, 11) is 0. The summed E-state index contributed by atoms with van der Waals surface area (Å²) in [4.78, 5) is 4.00. The average Bonchev–Trinajstić information content (AvgIpc) is 2.33. The van der Waals surface area contributed by atoms with E-state index in [4.69, 9.17) is 10.5 Å². The van der Waals surface area contributed by atoms with Crippen LogP contribution in [0.25, 0.3) is 0 Å². The lowest BCUT2D eigenvalue weighted by Crippen LogP contribution is -2.07. The van der Waals surface area contributed by atoms with Gasteiger partial charge in [0.05, 0.1) is 0 Å². The maximum Gasteiger partial charge on any atom is 0.224 e. The number of rotatable bonds is 3. The molecule has 5 heteroatoms. The zero-order valence-electron chi connectivity index (χ0n) is 9.73. The van der Waals surface area contributed by atoms with Crippen molar-refractivity contribution in [2.75, 3.05) is 0 Å². The van der Waals surface area contributed by atoms with Crippen LogP contribution in [-0.2, 0) is 0 Å².